The van der Waals surface area contributed by atoms with Crippen molar-refractivity contribution in [2.45, 2.75) is 25.0 Å². The van der Waals surface area contributed by atoms with Crippen LogP contribution in [0, 0.1) is 0 Å². The van der Waals surface area contributed by atoms with Crippen LogP contribution in [0.25, 0.3) is 0 Å². The van der Waals surface area contributed by atoms with E-state index in [1.165, 1.54) is 0 Å². The average molecular weight is 114 g/mol. The Morgan fingerprint density at radius 1 is 0.875 bits per heavy atom. The van der Waals surface area contributed by atoms with Crippen molar-refractivity contribution in [1.82, 2.24) is 0 Å². The number of ether oxygens (including phenoxy) is 2. The molecular weight excluding hydrogens is 104 g/mol. The van der Waals surface area contributed by atoms with Gasteiger partial charge in [0.25, 0.3) is 0 Å². The molecule has 2 nitrogen and oxygen atoms in total. The van der Waals surface area contributed by atoms with E-state index in [4.69, 9.17) is 9.47 Å². The second-order valence-corrected chi connectivity index (χ2v) is 2.40. The Hall–Kier alpha value is -0.0800. The van der Waals surface area contributed by atoms with Crippen molar-refractivity contribution < 1.29 is 9.47 Å². The maximum absolute atomic E-state index is 5.35. The van der Waals surface area contributed by atoms with Crippen LogP contribution >= 0.6 is 0 Å². The van der Waals surface area contributed by atoms with Gasteiger partial charge in [0.15, 0.2) is 0 Å². The number of rotatable bonds is 0. The zero-order valence-corrected chi connectivity index (χ0v) is 4.80. The fourth-order valence-electron chi connectivity index (χ4n) is 1.42. The predicted molar refractivity (Wildman–Crippen MR) is 28.7 cm³/mol. The monoisotopic (exact) mass is 114 g/mol. The highest BCUT2D eigenvalue weighted by molar-refractivity contribution is 4.81. The summed E-state index contributed by atoms with van der Waals surface area (Å²) in [6.07, 6.45) is 3.14. The molecule has 2 rings (SSSR count). The minimum absolute atomic E-state index is 0.454. The molecule has 2 heterocycles. The first-order valence-electron chi connectivity index (χ1n) is 3.20. The zero-order valence-electron chi connectivity index (χ0n) is 4.80. The molecule has 2 heteroatoms. The van der Waals surface area contributed by atoms with Gasteiger partial charge in [-0.05, 0) is 12.8 Å². The lowest BCUT2D eigenvalue weighted by Gasteiger charge is -2.03. The van der Waals surface area contributed by atoms with Gasteiger partial charge in [0.2, 0.25) is 0 Å². The molecule has 0 aliphatic carbocycles. The molecule has 0 saturated carbocycles. The maximum Gasteiger partial charge on any atom is 0.0859 e. The molecule has 2 atom stereocenters. The highest BCUT2D eigenvalue weighted by Gasteiger charge is 2.33. The molecule has 0 aromatic rings. The summed E-state index contributed by atoms with van der Waals surface area (Å²) in [4.78, 5) is 0. The van der Waals surface area contributed by atoms with E-state index in [1.807, 2.05) is 0 Å². The van der Waals surface area contributed by atoms with E-state index >= 15 is 0 Å². The molecule has 0 radical (unpaired) electrons. The Bertz CT molecular complexity index is 72.5. The lowest BCUT2D eigenvalue weighted by Crippen LogP contribution is -2.13. The van der Waals surface area contributed by atoms with E-state index in [9.17, 15) is 0 Å². The first-order chi connectivity index (χ1) is 3.97. The molecular formula is C6H10O2. The molecule has 0 aromatic carbocycles. The van der Waals surface area contributed by atoms with Gasteiger partial charge in [-0.2, -0.15) is 0 Å². The van der Waals surface area contributed by atoms with E-state index < -0.39 is 0 Å². The van der Waals surface area contributed by atoms with E-state index in [1.54, 1.807) is 0 Å². The van der Waals surface area contributed by atoms with Crippen molar-refractivity contribution >= 4 is 0 Å². The van der Waals surface area contributed by atoms with Crippen molar-refractivity contribution in [2.24, 2.45) is 0 Å². The second kappa shape index (κ2) is 1.71. The minimum Gasteiger partial charge on any atom is -0.375 e. The molecule has 0 spiro atoms. The van der Waals surface area contributed by atoms with Crippen LogP contribution in [0.2, 0.25) is 0 Å². The van der Waals surface area contributed by atoms with Gasteiger partial charge in [0, 0.05) is 13.2 Å². The first-order valence-corrected chi connectivity index (χ1v) is 3.20. The largest absolute Gasteiger partial charge is 0.375 e. The summed E-state index contributed by atoms with van der Waals surface area (Å²) >= 11 is 0. The summed E-state index contributed by atoms with van der Waals surface area (Å²) in [5.74, 6) is 0. The average Bonchev–Trinajstić information content (AvgIpc) is 2.15. The van der Waals surface area contributed by atoms with Crippen LogP contribution in [0.1, 0.15) is 12.8 Å². The summed E-state index contributed by atoms with van der Waals surface area (Å²) in [6, 6.07) is 0. The molecule has 2 aliphatic heterocycles. The molecule has 46 valence electrons. The molecule has 0 aromatic heterocycles. The molecule has 0 bridgehead atoms. The van der Waals surface area contributed by atoms with Gasteiger partial charge in [0.05, 0.1) is 12.2 Å². The van der Waals surface area contributed by atoms with E-state index in [-0.39, 0.29) is 0 Å². The fraction of sp³-hybridized carbons (Fsp3) is 1.00. The molecule has 1 unspecified atom stereocenters. The highest BCUT2D eigenvalue weighted by atomic mass is 16.6. The number of hydrogen-bond acceptors (Lipinski definition) is 2. The van der Waals surface area contributed by atoms with Gasteiger partial charge in [-0.15, -0.1) is 0 Å². The van der Waals surface area contributed by atoms with Crippen molar-refractivity contribution in [3.63, 3.8) is 0 Å². The SMILES string of the molecule is C1C[C@@H]2OCCC2O1. The normalized spacial score (nSPS) is 45.0. The Labute approximate surface area is 48.8 Å². The molecule has 2 saturated heterocycles. The standard InChI is InChI=1S/C6H10O2/c1-3-7-6-2-4-8-5(1)6/h5-6H,1-4H2/t5-,6?/m0/s1. The topological polar surface area (TPSA) is 18.5 Å². The Morgan fingerprint density at radius 3 is 1.88 bits per heavy atom. The minimum atomic E-state index is 0.454. The Kier molecular flexibility index (Phi) is 1.02. The van der Waals surface area contributed by atoms with Crippen molar-refractivity contribution in [1.29, 1.82) is 0 Å². The smallest absolute Gasteiger partial charge is 0.0859 e. The number of fused-ring (bicyclic) bond motifs is 1. The van der Waals surface area contributed by atoms with E-state index in [0.717, 1.165) is 26.1 Å². The van der Waals surface area contributed by atoms with Gasteiger partial charge >= 0.3 is 0 Å². The van der Waals surface area contributed by atoms with Gasteiger partial charge in [-0.3, -0.25) is 0 Å². The highest BCUT2D eigenvalue weighted by Crippen LogP contribution is 2.25. The summed E-state index contributed by atoms with van der Waals surface area (Å²) in [5, 5.41) is 0. The van der Waals surface area contributed by atoms with Crippen LogP contribution in [-0.4, -0.2) is 25.4 Å². The van der Waals surface area contributed by atoms with Crippen LogP contribution in [0.4, 0.5) is 0 Å². The van der Waals surface area contributed by atoms with Crippen molar-refractivity contribution in [3.8, 4) is 0 Å². The molecule has 8 heavy (non-hydrogen) atoms. The summed E-state index contributed by atoms with van der Waals surface area (Å²) in [7, 11) is 0. The van der Waals surface area contributed by atoms with Gasteiger partial charge < -0.3 is 9.47 Å². The zero-order chi connectivity index (χ0) is 5.40. The molecule has 0 N–H and O–H groups in total. The van der Waals surface area contributed by atoms with Crippen LogP contribution in [0.15, 0.2) is 0 Å². The Balaban J connectivity index is 2.04. The second-order valence-electron chi connectivity index (χ2n) is 2.40. The summed E-state index contributed by atoms with van der Waals surface area (Å²) in [5.41, 5.74) is 0. The maximum atomic E-state index is 5.35. The third-order valence-electron chi connectivity index (χ3n) is 1.88. The van der Waals surface area contributed by atoms with Crippen LogP contribution in [0.3, 0.4) is 0 Å². The van der Waals surface area contributed by atoms with Crippen LogP contribution in [-0.2, 0) is 9.47 Å². The van der Waals surface area contributed by atoms with Crippen molar-refractivity contribution in [2.75, 3.05) is 13.2 Å². The van der Waals surface area contributed by atoms with Crippen molar-refractivity contribution in [3.05, 3.63) is 0 Å². The molecule has 0 amide bonds. The van der Waals surface area contributed by atoms with E-state index in [0.29, 0.717) is 12.2 Å². The first kappa shape index (κ1) is 4.77. The third-order valence-corrected chi connectivity index (χ3v) is 1.88. The number of hydrogen-bond donors (Lipinski definition) is 0. The van der Waals surface area contributed by atoms with Crippen LogP contribution in [0.5, 0.6) is 0 Å². The van der Waals surface area contributed by atoms with Gasteiger partial charge in [0.1, 0.15) is 0 Å². The molecule has 2 aliphatic rings. The lowest BCUT2D eigenvalue weighted by molar-refractivity contribution is 0.0732. The lowest BCUT2D eigenvalue weighted by atomic mass is 10.2. The van der Waals surface area contributed by atoms with Gasteiger partial charge in [-0.25, -0.2) is 0 Å². The summed E-state index contributed by atoms with van der Waals surface area (Å²) in [6.45, 7) is 1.82. The molecule has 2 fully saturated rings. The summed E-state index contributed by atoms with van der Waals surface area (Å²) < 4.78 is 10.7. The van der Waals surface area contributed by atoms with E-state index in [2.05, 4.69) is 0 Å². The van der Waals surface area contributed by atoms with Crippen LogP contribution < -0.4 is 0 Å². The van der Waals surface area contributed by atoms with Gasteiger partial charge in [-0.1, -0.05) is 0 Å². The Morgan fingerprint density at radius 2 is 1.38 bits per heavy atom. The third kappa shape index (κ3) is 0.565. The fourth-order valence-corrected chi connectivity index (χ4v) is 1.42. The predicted octanol–water partition coefficient (Wildman–Crippen LogP) is 0.564. The quantitative estimate of drug-likeness (QED) is 0.458.